The Morgan fingerprint density at radius 2 is 1.73 bits per heavy atom. The Morgan fingerprint density at radius 1 is 1.00 bits per heavy atom. The molecular weight excluding hydrogens is 389 g/mol. The van der Waals surface area contributed by atoms with E-state index in [0.717, 1.165) is 50.2 Å². The molecule has 0 unspecified atom stereocenters. The molecule has 0 saturated heterocycles. The number of hydrogen-bond acceptors (Lipinski definition) is 2. The van der Waals surface area contributed by atoms with Gasteiger partial charge in [-0.1, -0.05) is 61.7 Å². The zero-order chi connectivity index (χ0) is 21.2. The van der Waals surface area contributed by atoms with Gasteiger partial charge in [-0.2, -0.15) is 13.2 Å². The first-order valence-electron chi connectivity index (χ1n) is 10.2. The standard InChI is InChI=1S/C24H23F3N2O/c25-24(26,27)20-11-7-10-18-14-19(16-28-21(18)20)22(30)29-23(12-5-2-6-13-23)15-17-8-3-1-4-9-17/h1,3-4,7-11,14,16H,2,5-6,12-13,15H2,(H,29,30). The van der Waals surface area contributed by atoms with Gasteiger partial charge in [-0.05, 0) is 37.0 Å². The molecule has 1 amide bonds. The third-order valence-corrected chi connectivity index (χ3v) is 5.85. The number of pyridine rings is 1. The monoisotopic (exact) mass is 412 g/mol. The van der Waals surface area contributed by atoms with Gasteiger partial charge in [-0.15, -0.1) is 0 Å². The van der Waals surface area contributed by atoms with Gasteiger partial charge in [-0.3, -0.25) is 9.78 Å². The summed E-state index contributed by atoms with van der Waals surface area (Å²) in [6.45, 7) is 0. The minimum absolute atomic E-state index is 0.141. The van der Waals surface area contributed by atoms with Crippen LogP contribution in [0.15, 0.2) is 60.8 Å². The number of benzene rings is 2. The third-order valence-electron chi connectivity index (χ3n) is 5.85. The molecule has 4 rings (SSSR count). The second-order valence-electron chi connectivity index (χ2n) is 8.06. The topological polar surface area (TPSA) is 42.0 Å². The number of nitrogens with one attached hydrogen (secondary N) is 1. The van der Waals surface area contributed by atoms with E-state index in [0.29, 0.717) is 5.39 Å². The van der Waals surface area contributed by atoms with Crippen LogP contribution < -0.4 is 5.32 Å². The minimum atomic E-state index is -4.49. The lowest BCUT2D eigenvalue weighted by atomic mass is 9.77. The predicted molar refractivity (Wildman–Crippen MR) is 110 cm³/mol. The zero-order valence-electron chi connectivity index (χ0n) is 16.5. The van der Waals surface area contributed by atoms with Gasteiger partial charge in [0.2, 0.25) is 0 Å². The molecule has 1 saturated carbocycles. The molecule has 1 heterocycles. The van der Waals surface area contributed by atoms with Crippen molar-refractivity contribution in [3.8, 4) is 0 Å². The molecule has 0 atom stereocenters. The quantitative estimate of drug-likeness (QED) is 0.577. The molecule has 1 fully saturated rings. The van der Waals surface area contributed by atoms with E-state index in [2.05, 4.69) is 22.4 Å². The van der Waals surface area contributed by atoms with Crippen molar-refractivity contribution in [2.24, 2.45) is 0 Å². The molecule has 0 aliphatic heterocycles. The van der Waals surface area contributed by atoms with E-state index in [1.54, 1.807) is 6.07 Å². The lowest BCUT2D eigenvalue weighted by molar-refractivity contribution is -0.136. The van der Waals surface area contributed by atoms with Gasteiger partial charge in [0.25, 0.3) is 5.91 Å². The van der Waals surface area contributed by atoms with Crippen LogP contribution in [0.25, 0.3) is 10.9 Å². The van der Waals surface area contributed by atoms with Crippen LogP contribution in [0.3, 0.4) is 0 Å². The normalized spacial score (nSPS) is 16.4. The molecule has 6 heteroatoms. The number of hydrogen-bond donors (Lipinski definition) is 1. The Labute approximate surface area is 173 Å². The number of alkyl halides is 3. The number of amides is 1. The van der Waals surface area contributed by atoms with Gasteiger partial charge in [0, 0.05) is 17.1 Å². The molecule has 1 N–H and O–H groups in total. The molecular formula is C24H23F3N2O. The first-order chi connectivity index (χ1) is 14.4. The Hall–Kier alpha value is -2.89. The Kier molecular flexibility index (Phi) is 5.50. The molecule has 3 nitrogen and oxygen atoms in total. The zero-order valence-corrected chi connectivity index (χ0v) is 16.5. The van der Waals surface area contributed by atoms with Crippen molar-refractivity contribution in [3.63, 3.8) is 0 Å². The van der Waals surface area contributed by atoms with Crippen LogP contribution in [-0.2, 0) is 12.6 Å². The first-order valence-corrected chi connectivity index (χ1v) is 10.2. The van der Waals surface area contributed by atoms with Crippen LogP contribution >= 0.6 is 0 Å². The number of para-hydroxylation sites is 1. The maximum atomic E-state index is 13.2. The number of rotatable bonds is 4. The average Bonchev–Trinajstić information content (AvgIpc) is 2.73. The van der Waals surface area contributed by atoms with Crippen LogP contribution in [0.5, 0.6) is 0 Å². The fraction of sp³-hybridized carbons (Fsp3) is 0.333. The fourth-order valence-electron chi connectivity index (χ4n) is 4.39. The van der Waals surface area contributed by atoms with E-state index in [9.17, 15) is 18.0 Å². The van der Waals surface area contributed by atoms with Crippen LogP contribution in [0.2, 0.25) is 0 Å². The third kappa shape index (κ3) is 4.32. The summed E-state index contributed by atoms with van der Waals surface area (Å²) in [4.78, 5) is 17.0. The summed E-state index contributed by atoms with van der Waals surface area (Å²) in [6.07, 6.45) is 2.48. The smallest absolute Gasteiger partial charge is 0.346 e. The second-order valence-corrected chi connectivity index (χ2v) is 8.06. The highest BCUT2D eigenvalue weighted by molar-refractivity contribution is 5.98. The molecule has 1 aromatic heterocycles. The largest absolute Gasteiger partial charge is 0.418 e. The van der Waals surface area contributed by atoms with Gasteiger partial charge in [-0.25, -0.2) is 0 Å². The second kappa shape index (κ2) is 8.09. The molecule has 1 aliphatic rings. The highest BCUT2D eigenvalue weighted by Gasteiger charge is 2.35. The molecule has 0 radical (unpaired) electrons. The Bertz CT molecular complexity index is 1040. The molecule has 156 valence electrons. The van der Waals surface area contributed by atoms with E-state index < -0.39 is 11.7 Å². The summed E-state index contributed by atoms with van der Waals surface area (Å²) in [6, 6.07) is 15.4. The highest BCUT2D eigenvalue weighted by atomic mass is 19.4. The number of carbonyl (C=O) groups is 1. The fourth-order valence-corrected chi connectivity index (χ4v) is 4.39. The van der Waals surface area contributed by atoms with Gasteiger partial charge >= 0.3 is 6.18 Å². The number of nitrogens with zero attached hydrogens (tertiary/aromatic N) is 1. The summed E-state index contributed by atoms with van der Waals surface area (Å²) in [5.74, 6) is -0.292. The summed E-state index contributed by atoms with van der Waals surface area (Å²) in [7, 11) is 0. The van der Waals surface area contributed by atoms with Crippen LogP contribution in [0.1, 0.15) is 53.6 Å². The van der Waals surface area contributed by atoms with Crippen molar-refractivity contribution >= 4 is 16.8 Å². The molecule has 0 spiro atoms. The van der Waals surface area contributed by atoms with Crippen LogP contribution in [-0.4, -0.2) is 16.4 Å². The molecule has 3 aromatic rings. The van der Waals surface area contributed by atoms with Crippen molar-refractivity contribution in [3.05, 3.63) is 77.5 Å². The SMILES string of the molecule is O=C(NC1(Cc2ccccc2)CCCCC1)c1cnc2c(C(F)(F)F)cccc2c1. The maximum absolute atomic E-state index is 13.2. The van der Waals surface area contributed by atoms with Gasteiger partial charge in [0.15, 0.2) is 0 Å². The average molecular weight is 412 g/mol. The summed E-state index contributed by atoms with van der Waals surface area (Å²) in [5, 5.41) is 3.51. The summed E-state index contributed by atoms with van der Waals surface area (Å²) < 4.78 is 39.7. The number of carbonyl (C=O) groups excluding carboxylic acids is 1. The van der Waals surface area contributed by atoms with E-state index in [1.807, 2.05) is 18.2 Å². The molecule has 1 aliphatic carbocycles. The molecule has 2 aromatic carbocycles. The van der Waals surface area contributed by atoms with Gasteiger partial charge in [0.1, 0.15) is 0 Å². The molecule has 0 bridgehead atoms. The number of fused-ring (bicyclic) bond motifs is 1. The van der Waals surface area contributed by atoms with Crippen molar-refractivity contribution in [2.75, 3.05) is 0 Å². The van der Waals surface area contributed by atoms with E-state index in [4.69, 9.17) is 0 Å². The van der Waals surface area contributed by atoms with E-state index in [1.165, 1.54) is 18.3 Å². The van der Waals surface area contributed by atoms with E-state index >= 15 is 0 Å². The van der Waals surface area contributed by atoms with Gasteiger partial charge in [0.05, 0.1) is 16.6 Å². The minimum Gasteiger partial charge on any atom is -0.346 e. The summed E-state index contributed by atoms with van der Waals surface area (Å²) in [5.41, 5.74) is 0.156. The maximum Gasteiger partial charge on any atom is 0.418 e. The van der Waals surface area contributed by atoms with Crippen molar-refractivity contribution in [1.82, 2.24) is 10.3 Å². The van der Waals surface area contributed by atoms with E-state index in [-0.39, 0.29) is 22.5 Å². The Morgan fingerprint density at radius 3 is 2.43 bits per heavy atom. The van der Waals surface area contributed by atoms with Crippen molar-refractivity contribution in [1.29, 1.82) is 0 Å². The number of aromatic nitrogens is 1. The van der Waals surface area contributed by atoms with Gasteiger partial charge < -0.3 is 5.32 Å². The first kappa shape index (κ1) is 20.4. The lowest BCUT2D eigenvalue weighted by Crippen LogP contribution is -2.51. The lowest BCUT2D eigenvalue weighted by Gasteiger charge is -2.38. The van der Waals surface area contributed by atoms with Crippen LogP contribution in [0, 0.1) is 0 Å². The summed E-state index contributed by atoms with van der Waals surface area (Å²) >= 11 is 0. The van der Waals surface area contributed by atoms with Crippen molar-refractivity contribution in [2.45, 2.75) is 50.2 Å². The number of halogens is 3. The Balaban J connectivity index is 1.62. The van der Waals surface area contributed by atoms with Crippen molar-refractivity contribution < 1.29 is 18.0 Å². The highest BCUT2D eigenvalue weighted by Crippen LogP contribution is 2.34. The predicted octanol–water partition coefficient (Wildman–Crippen LogP) is 5.93. The molecule has 30 heavy (non-hydrogen) atoms. The van der Waals surface area contributed by atoms with Crippen LogP contribution in [0.4, 0.5) is 13.2 Å².